The van der Waals surface area contributed by atoms with Crippen molar-refractivity contribution in [3.8, 4) is 5.88 Å². The maximum absolute atomic E-state index is 11.9. The minimum Gasteiger partial charge on any atom is -0.468 e. The predicted octanol–water partition coefficient (Wildman–Crippen LogP) is 4.01. The van der Waals surface area contributed by atoms with Crippen molar-refractivity contribution in [3.63, 3.8) is 0 Å². The molecule has 1 N–H and O–H groups in total. The summed E-state index contributed by atoms with van der Waals surface area (Å²) >= 11 is 0. The Hall–Kier alpha value is -1.46. The molecule has 0 bridgehead atoms. The van der Waals surface area contributed by atoms with E-state index in [4.69, 9.17) is 0 Å². The molecule has 0 unspecified atom stereocenters. The van der Waals surface area contributed by atoms with Crippen molar-refractivity contribution >= 4 is 5.69 Å². The predicted molar refractivity (Wildman–Crippen MR) is 68.4 cm³/mol. The highest BCUT2D eigenvalue weighted by Crippen LogP contribution is 2.18. The monoisotopic (exact) mass is 276 g/mol. The molecule has 0 aliphatic heterocycles. The molecular formula is C13H19F3N2O. The Bertz CT molecular complexity index is 352. The van der Waals surface area contributed by atoms with Crippen LogP contribution in [0.2, 0.25) is 0 Å². The van der Waals surface area contributed by atoms with Gasteiger partial charge in [-0.25, -0.2) is 4.98 Å². The summed E-state index contributed by atoms with van der Waals surface area (Å²) in [6.45, 7) is 1.67. The van der Waals surface area contributed by atoms with E-state index in [-0.39, 0.29) is 5.88 Å². The summed E-state index contributed by atoms with van der Waals surface area (Å²) in [7, 11) is 0. The molecule has 0 saturated heterocycles. The third-order valence-corrected chi connectivity index (χ3v) is 2.48. The molecule has 0 atom stereocenters. The molecule has 19 heavy (non-hydrogen) atoms. The Morgan fingerprint density at radius 2 is 2.00 bits per heavy atom. The lowest BCUT2D eigenvalue weighted by Crippen LogP contribution is -2.19. The third kappa shape index (κ3) is 7.54. The van der Waals surface area contributed by atoms with Gasteiger partial charge in [0.25, 0.3) is 0 Å². The molecule has 0 radical (unpaired) electrons. The van der Waals surface area contributed by atoms with Crippen LogP contribution in [-0.4, -0.2) is 24.3 Å². The normalized spacial score (nSPS) is 11.4. The topological polar surface area (TPSA) is 34.1 Å². The zero-order valence-electron chi connectivity index (χ0n) is 11.0. The van der Waals surface area contributed by atoms with Gasteiger partial charge in [-0.3, -0.25) is 0 Å². The van der Waals surface area contributed by atoms with Crippen LogP contribution in [0.15, 0.2) is 18.3 Å². The van der Waals surface area contributed by atoms with E-state index in [0.717, 1.165) is 18.7 Å². The molecule has 1 aromatic rings. The molecule has 1 heterocycles. The Kier molecular flexibility index (Phi) is 6.45. The third-order valence-electron chi connectivity index (χ3n) is 2.48. The minimum atomic E-state index is -4.34. The van der Waals surface area contributed by atoms with Gasteiger partial charge in [-0.2, -0.15) is 13.2 Å². The van der Waals surface area contributed by atoms with Crippen LogP contribution in [0.4, 0.5) is 18.9 Å². The summed E-state index contributed by atoms with van der Waals surface area (Å²) in [5.74, 6) is -0.0196. The van der Waals surface area contributed by atoms with Gasteiger partial charge in [0.1, 0.15) is 0 Å². The molecule has 0 saturated carbocycles. The number of aromatic nitrogens is 1. The number of anilines is 1. The maximum Gasteiger partial charge on any atom is 0.422 e. The fraction of sp³-hybridized carbons (Fsp3) is 0.615. The van der Waals surface area contributed by atoms with Crippen molar-refractivity contribution in [1.29, 1.82) is 0 Å². The van der Waals surface area contributed by atoms with Crippen LogP contribution < -0.4 is 10.1 Å². The van der Waals surface area contributed by atoms with Crippen LogP contribution in [0.5, 0.6) is 5.88 Å². The smallest absolute Gasteiger partial charge is 0.422 e. The lowest BCUT2D eigenvalue weighted by atomic mass is 10.2. The van der Waals surface area contributed by atoms with Crippen LogP contribution in [0.25, 0.3) is 0 Å². The van der Waals surface area contributed by atoms with E-state index in [1.54, 1.807) is 6.07 Å². The number of nitrogens with one attached hydrogen (secondary N) is 1. The lowest BCUT2D eigenvalue weighted by Gasteiger charge is -2.09. The van der Waals surface area contributed by atoms with E-state index in [1.807, 2.05) is 0 Å². The number of ether oxygens (including phenoxy) is 1. The summed E-state index contributed by atoms with van der Waals surface area (Å²) in [6, 6.07) is 3.10. The van der Waals surface area contributed by atoms with Gasteiger partial charge in [0, 0.05) is 12.6 Å². The zero-order chi connectivity index (χ0) is 14.1. The summed E-state index contributed by atoms with van der Waals surface area (Å²) in [4.78, 5) is 3.81. The van der Waals surface area contributed by atoms with Crippen LogP contribution in [0.3, 0.4) is 0 Å². The van der Waals surface area contributed by atoms with Crippen molar-refractivity contribution in [2.75, 3.05) is 18.5 Å². The Morgan fingerprint density at radius 1 is 1.21 bits per heavy atom. The Balaban J connectivity index is 2.27. The average Bonchev–Trinajstić information content (AvgIpc) is 2.37. The van der Waals surface area contributed by atoms with Crippen LogP contribution in [0, 0.1) is 0 Å². The summed E-state index contributed by atoms with van der Waals surface area (Å²) in [6.07, 6.45) is 1.78. The van der Waals surface area contributed by atoms with E-state index < -0.39 is 12.8 Å². The van der Waals surface area contributed by atoms with E-state index in [0.29, 0.717) is 0 Å². The highest BCUT2D eigenvalue weighted by atomic mass is 19.4. The van der Waals surface area contributed by atoms with E-state index in [9.17, 15) is 13.2 Å². The summed E-state index contributed by atoms with van der Waals surface area (Å²) in [5.41, 5.74) is 0.788. The van der Waals surface area contributed by atoms with Crippen molar-refractivity contribution < 1.29 is 17.9 Å². The van der Waals surface area contributed by atoms with Gasteiger partial charge in [0.05, 0.1) is 11.9 Å². The molecule has 1 aromatic heterocycles. The highest BCUT2D eigenvalue weighted by Gasteiger charge is 2.28. The number of halogens is 3. The SMILES string of the molecule is CCCCCCNc1ccc(OCC(F)(F)F)nc1. The number of hydrogen-bond acceptors (Lipinski definition) is 3. The molecule has 0 aromatic carbocycles. The van der Waals surface area contributed by atoms with Crippen LogP contribution in [-0.2, 0) is 0 Å². The molecule has 0 spiro atoms. The van der Waals surface area contributed by atoms with Crippen molar-refractivity contribution in [3.05, 3.63) is 18.3 Å². The van der Waals surface area contributed by atoms with Crippen molar-refractivity contribution in [1.82, 2.24) is 4.98 Å². The van der Waals surface area contributed by atoms with E-state index >= 15 is 0 Å². The summed E-state index contributed by atoms with van der Waals surface area (Å²) in [5, 5.41) is 3.16. The number of alkyl halides is 3. The highest BCUT2D eigenvalue weighted by molar-refractivity contribution is 5.41. The van der Waals surface area contributed by atoms with Crippen LogP contribution in [0.1, 0.15) is 32.6 Å². The fourth-order valence-electron chi connectivity index (χ4n) is 1.51. The van der Waals surface area contributed by atoms with E-state index in [2.05, 4.69) is 22.0 Å². The molecule has 0 aliphatic rings. The van der Waals surface area contributed by atoms with Gasteiger partial charge < -0.3 is 10.1 Å². The first-order chi connectivity index (χ1) is 9.01. The average molecular weight is 276 g/mol. The number of hydrogen-bond donors (Lipinski definition) is 1. The molecule has 0 amide bonds. The molecule has 108 valence electrons. The zero-order valence-corrected chi connectivity index (χ0v) is 11.0. The van der Waals surface area contributed by atoms with Crippen LogP contribution >= 0.6 is 0 Å². The number of unbranched alkanes of at least 4 members (excludes halogenated alkanes) is 3. The van der Waals surface area contributed by atoms with E-state index in [1.165, 1.54) is 31.5 Å². The van der Waals surface area contributed by atoms with Gasteiger partial charge in [-0.15, -0.1) is 0 Å². The molecule has 1 rings (SSSR count). The standard InChI is InChI=1S/C13H19F3N2O/c1-2-3-4-5-8-17-11-6-7-12(18-9-11)19-10-13(14,15)16/h6-7,9,17H,2-5,8,10H2,1H3. The second-order valence-corrected chi connectivity index (χ2v) is 4.28. The van der Waals surface area contributed by atoms with Gasteiger partial charge in [-0.05, 0) is 12.5 Å². The van der Waals surface area contributed by atoms with Crippen molar-refractivity contribution in [2.45, 2.75) is 38.8 Å². The maximum atomic E-state index is 11.9. The first kappa shape index (κ1) is 15.6. The van der Waals surface area contributed by atoms with Crippen molar-refractivity contribution in [2.24, 2.45) is 0 Å². The second-order valence-electron chi connectivity index (χ2n) is 4.28. The molecule has 3 nitrogen and oxygen atoms in total. The Labute approximate surface area is 111 Å². The lowest BCUT2D eigenvalue weighted by molar-refractivity contribution is -0.154. The largest absolute Gasteiger partial charge is 0.468 e. The first-order valence-corrected chi connectivity index (χ1v) is 6.41. The Morgan fingerprint density at radius 3 is 2.58 bits per heavy atom. The molecule has 0 fully saturated rings. The molecule has 0 aliphatic carbocycles. The fourth-order valence-corrected chi connectivity index (χ4v) is 1.51. The first-order valence-electron chi connectivity index (χ1n) is 6.41. The molecule has 6 heteroatoms. The van der Waals surface area contributed by atoms with Gasteiger partial charge >= 0.3 is 6.18 Å². The number of pyridine rings is 1. The van der Waals surface area contributed by atoms with Gasteiger partial charge in [0.2, 0.25) is 5.88 Å². The summed E-state index contributed by atoms with van der Waals surface area (Å²) < 4.78 is 40.3. The molecular weight excluding hydrogens is 257 g/mol. The minimum absolute atomic E-state index is 0.0196. The second kappa shape index (κ2) is 7.86. The number of nitrogens with zero attached hydrogens (tertiary/aromatic N) is 1. The number of rotatable bonds is 8. The van der Waals surface area contributed by atoms with Gasteiger partial charge in [0.15, 0.2) is 6.61 Å². The van der Waals surface area contributed by atoms with Gasteiger partial charge in [-0.1, -0.05) is 26.2 Å². The quantitative estimate of drug-likeness (QED) is 0.728.